The van der Waals surface area contributed by atoms with Gasteiger partial charge < -0.3 is 10.6 Å². The van der Waals surface area contributed by atoms with Crippen LogP contribution in [0.5, 0.6) is 0 Å². The first-order valence-electron chi connectivity index (χ1n) is 4.93. The fourth-order valence-corrected chi connectivity index (χ4v) is 0.982. The number of nitrogens with one attached hydrogen (secondary N) is 2. The van der Waals surface area contributed by atoms with Gasteiger partial charge in [0.25, 0.3) is 0 Å². The van der Waals surface area contributed by atoms with Gasteiger partial charge in [-0.1, -0.05) is 13.8 Å². The number of aromatic nitrogens is 2. The van der Waals surface area contributed by atoms with Crippen LogP contribution in [0, 0.1) is 5.92 Å². The fraction of sp³-hybridized carbons (Fsp3) is 0.500. The highest BCUT2D eigenvalue weighted by Gasteiger charge is 1.99. The monoisotopic (exact) mass is 208 g/mol. The second kappa shape index (κ2) is 5.29. The molecular formula is C10H16N4O. The summed E-state index contributed by atoms with van der Waals surface area (Å²) >= 11 is 0. The van der Waals surface area contributed by atoms with E-state index >= 15 is 0 Å². The molecule has 1 heterocycles. The van der Waals surface area contributed by atoms with Crippen LogP contribution < -0.4 is 10.6 Å². The maximum atomic E-state index is 10.7. The van der Waals surface area contributed by atoms with Crippen molar-refractivity contribution >= 4 is 17.5 Å². The zero-order valence-corrected chi connectivity index (χ0v) is 9.24. The largest absolute Gasteiger partial charge is 0.368 e. The fourth-order valence-electron chi connectivity index (χ4n) is 0.982. The average molecular weight is 208 g/mol. The third-order valence-corrected chi connectivity index (χ3v) is 1.66. The van der Waals surface area contributed by atoms with Gasteiger partial charge in [-0.15, -0.1) is 10.2 Å². The highest BCUT2D eigenvalue weighted by atomic mass is 16.1. The summed E-state index contributed by atoms with van der Waals surface area (Å²) < 4.78 is 0. The van der Waals surface area contributed by atoms with Gasteiger partial charge in [0.15, 0.2) is 5.82 Å². The van der Waals surface area contributed by atoms with Crippen molar-refractivity contribution < 1.29 is 4.79 Å². The molecule has 0 saturated carbocycles. The minimum atomic E-state index is -0.146. The molecule has 0 atom stereocenters. The zero-order valence-electron chi connectivity index (χ0n) is 9.24. The lowest BCUT2D eigenvalue weighted by atomic mass is 10.2. The van der Waals surface area contributed by atoms with Crippen LogP contribution in [-0.4, -0.2) is 22.6 Å². The molecular weight excluding hydrogens is 192 g/mol. The van der Waals surface area contributed by atoms with E-state index in [2.05, 4.69) is 34.7 Å². The van der Waals surface area contributed by atoms with E-state index in [1.807, 2.05) is 0 Å². The van der Waals surface area contributed by atoms with Crippen LogP contribution in [0.25, 0.3) is 0 Å². The van der Waals surface area contributed by atoms with Gasteiger partial charge in [0.2, 0.25) is 5.91 Å². The Kier molecular flexibility index (Phi) is 4.03. The molecule has 2 N–H and O–H groups in total. The third kappa shape index (κ3) is 4.39. The van der Waals surface area contributed by atoms with E-state index in [4.69, 9.17) is 0 Å². The molecule has 0 spiro atoms. The summed E-state index contributed by atoms with van der Waals surface area (Å²) in [6, 6.07) is 3.51. The van der Waals surface area contributed by atoms with Gasteiger partial charge in [0.1, 0.15) is 5.82 Å². The van der Waals surface area contributed by atoms with Gasteiger partial charge in [-0.3, -0.25) is 4.79 Å². The van der Waals surface area contributed by atoms with Gasteiger partial charge in [-0.25, -0.2) is 0 Å². The van der Waals surface area contributed by atoms with Crippen molar-refractivity contribution in [3.8, 4) is 0 Å². The van der Waals surface area contributed by atoms with E-state index in [1.54, 1.807) is 12.1 Å². The molecule has 0 fully saturated rings. The quantitative estimate of drug-likeness (QED) is 0.787. The molecule has 1 aromatic heterocycles. The highest BCUT2D eigenvalue weighted by Crippen LogP contribution is 2.06. The summed E-state index contributed by atoms with van der Waals surface area (Å²) in [7, 11) is 0. The standard InChI is InChI=1S/C10H16N4O/c1-7(2)6-11-9-4-5-10(14-13-9)12-8(3)15/h4-5,7H,6H2,1-3H3,(H,11,13)(H,12,14,15). The summed E-state index contributed by atoms with van der Waals surface area (Å²) in [6.07, 6.45) is 0. The molecule has 0 aromatic carbocycles. The SMILES string of the molecule is CC(=O)Nc1ccc(NCC(C)C)nn1. The van der Waals surface area contributed by atoms with Crippen LogP contribution in [-0.2, 0) is 4.79 Å². The van der Waals surface area contributed by atoms with E-state index in [-0.39, 0.29) is 5.91 Å². The molecule has 15 heavy (non-hydrogen) atoms. The lowest BCUT2D eigenvalue weighted by Crippen LogP contribution is -2.11. The van der Waals surface area contributed by atoms with Gasteiger partial charge in [-0.2, -0.15) is 0 Å². The van der Waals surface area contributed by atoms with Crippen molar-refractivity contribution in [2.45, 2.75) is 20.8 Å². The van der Waals surface area contributed by atoms with Crippen LogP contribution in [0.1, 0.15) is 20.8 Å². The highest BCUT2D eigenvalue weighted by molar-refractivity contribution is 5.87. The summed E-state index contributed by atoms with van der Waals surface area (Å²) in [4.78, 5) is 10.7. The van der Waals surface area contributed by atoms with Crippen LogP contribution in [0.3, 0.4) is 0 Å². The number of anilines is 2. The van der Waals surface area contributed by atoms with Gasteiger partial charge in [0.05, 0.1) is 0 Å². The zero-order chi connectivity index (χ0) is 11.3. The Balaban J connectivity index is 2.52. The predicted molar refractivity (Wildman–Crippen MR) is 59.7 cm³/mol. The molecule has 1 rings (SSSR count). The molecule has 0 bridgehead atoms. The molecule has 5 nitrogen and oxygen atoms in total. The van der Waals surface area contributed by atoms with E-state index < -0.39 is 0 Å². The molecule has 0 saturated heterocycles. The van der Waals surface area contributed by atoms with Crippen LogP contribution in [0.4, 0.5) is 11.6 Å². The summed E-state index contributed by atoms with van der Waals surface area (Å²) in [5, 5.41) is 13.5. The van der Waals surface area contributed by atoms with Gasteiger partial charge in [-0.05, 0) is 18.1 Å². The average Bonchev–Trinajstić information content (AvgIpc) is 2.16. The molecule has 0 radical (unpaired) electrons. The van der Waals surface area contributed by atoms with E-state index in [0.29, 0.717) is 11.7 Å². The molecule has 5 heteroatoms. The second-order valence-corrected chi connectivity index (χ2v) is 3.76. The Hall–Kier alpha value is -1.65. The first kappa shape index (κ1) is 11.4. The summed E-state index contributed by atoms with van der Waals surface area (Å²) in [6.45, 7) is 6.53. The minimum Gasteiger partial charge on any atom is -0.368 e. The first-order valence-corrected chi connectivity index (χ1v) is 4.93. The molecule has 0 aliphatic rings. The number of nitrogens with zero attached hydrogens (tertiary/aromatic N) is 2. The summed E-state index contributed by atoms with van der Waals surface area (Å²) in [5.74, 6) is 1.60. The lowest BCUT2D eigenvalue weighted by Gasteiger charge is -2.07. The van der Waals surface area contributed by atoms with Crippen molar-refractivity contribution in [3.05, 3.63) is 12.1 Å². The second-order valence-electron chi connectivity index (χ2n) is 3.76. The van der Waals surface area contributed by atoms with E-state index in [1.165, 1.54) is 6.92 Å². The number of carbonyl (C=O) groups is 1. The number of rotatable bonds is 4. The number of hydrogen-bond acceptors (Lipinski definition) is 4. The van der Waals surface area contributed by atoms with Crippen LogP contribution >= 0.6 is 0 Å². The van der Waals surface area contributed by atoms with E-state index in [9.17, 15) is 4.79 Å². The number of hydrogen-bond donors (Lipinski definition) is 2. The predicted octanol–water partition coefficient (Wildman–Crippen LogP) is 1.50. The van der Waals surface area contributed by atoms with E-state index in [0.717, 1.165) is 12.4 Å². The van der Waals surface area contributed by atoms with Crippen molar-refractivity contribution in [2.75, 3.05) is 17.2 Å². The Morgan fingerprint density at radius 2 is 1.93 bits per heavy atom. The Bertz CT molecular complexity index is 321. The number of carbonyl (C=O) groups excluding carboxylic acids is 1. The Morgan fingerprint density at radius 3 is 2.40 bits per heavy atom. The van der Waals surface area contributed by atoms with Crippen LogP contribution in [0.2, 0.25) is 0 Å². The lowest BCUT2D eigenvalue weighted by molar-refractivity contribution is -0.114. The summed E-state index contributed by atoms with van der Waals surface area (Å²) in [5.41, 5.74) is 0. The van der Waals surface area contributed by atoms with Crippen LogP contribution in [0.15, 0.2) is 12.1 Å². The topological polar surface area (TPSA) is 66.9 Å². The van der Waals surface area contributed by atoms with Gasteiger partial charge in [0, 0.05) is 13.5 Å². The minimum absolute atomic E-state index is 0.146. The molecule has 1 amide bonds. The molecule has 0 aliphatic heterocycles. The Morgan fingerprint density at radius 1 is 1.33 bits per heavy atom. The normalized spacial score (nSPS) is 10.1. The van der Waals surface area contributed by atoms with Crippen molar-refractivity contribution in [1.82, 2.24) is 10.2 Å². The molecule has 82 valence electrons. The van der Waals surface area contributed by atoms with Crippen molar-refractivity contribution in [2.24, 2.45) is 5.92 Å². The first-order chi connectivity index (χ1) is 7.08. The molecule has 1 aromatic rings. The molecule has 0 unspecified atom stereocenters. The maximum absolute atomic E-state index is 10.7. The Labute approximate surface area is 89.3 Å². The van der Waals surface area contributed by atoms with Crippen molar-refractivity contribution in [3.63, 3.8) is 0 Å². The maximum Gasteiger partial charge on any atom is 0.222 e. The third-order valence-electron chi connectivity index (χ3n) is 1.66. The number of amides is 1. The molecule has 0 aliphatic carbocycles. The van der Waals surface area contributed by atoms with Gasteiger partial charge >= 0.3 is 0 Å². The van der Waals surface area contributed by atoms with Crippen molar-refractivity contribution in [1.29, 1.82) is 0 Å². The smallest absolute Gasteiger partial charge is 0.222 e.